The van der Waals surface area contributed by atoms with Crippen LogP contribution in [0.15, 0.2) is 36.4 Å². The lowest BCUT2D eigenvalue weighted by Gasteiger charge is -2.42. The van der Waals surface area contributed by atoms with Crippen LogP contribution in [0.25, 0.3) is 0 Å². The summed E-state index contributed by atoms with van der Waals surface area (Å²) < 4.78 is 119. The molecule has 0 unspecified atom stereocenters. The molecule has 0 radical (unpaired) electrons. The Bertz CT molecular complexity index is 1300. The molecule has 2 aromatic rings. The molecule has 0 aromatic heterocycles. The minimum Gasteiger partial charge on any atom is -0.368 e. The average molecular weight is 635 g/mol. The van der Waals surface area contributed by atoms with Gasteiger partial charge in [-0.05, 0) is 62.1 Å². The van der Waals surface area contributed by atoms with Crippen molar-refractivity contribution in [2.45, 2.75) is 51.4 Å². The molecule has 2 amide bonds. The number of alkyl halides is 8. The Kier molecular flexibility index (Phi) is 8.88. The predicted molar refractivity (Wildman–Crippen MR) is 149 cm³/mol. The van der Waals surface area contributed by atoms with Gasteiger partial charge in [0.2, 0.25) is 0 Å². The Hall–Kier alpha value is -3.58. The van der Waals surface area contributed by atoms with Crippen molar-refractivity contribution in [3.8, 4) is 0 Å². The van der Waals surface area contributed by atoms with E-state index in [1.165, 1.54) is 0 Å². The summed E-state index contributed by atoms with van der Waals surface area (Å²) in [5.41, 5.74) is 5.01. The van der Waals surface area contributed by atoms with Gasteiger partial charge in [-0.25, -0.2) is 0 Å². The molecule has 2 heterocycles. The standard InChI is InChI=1S/C30H34F8N4O2/c1-19-7-5-9-23(21(19)3)39-11-15-41(16-12-39)25(43)27(31,32)29(35,36)30(37,38)28(33,34)26(44)42-17-13-40(14-18-42)24-10-6-8-20(2)22(24)4/h5-10H,11-18H2,1-4H3. The maximum atomic E-state index is 14.9. The van der Waals surface area contributed by atoms with Crippen molar-refractivity contribution < 1.29 is 44.7 Å². The Balaban J connectivity index is 1.45. The maximum Gasteiger partial charge on any atom is 0.392 e. The third-order valence-corrected chi connectivity index (χ3v) is 8.69. The number of rotatable bonds is 7. The van der Waals surface area contributed by atoms with E-state index < -0.39 is 61.7 Å². The molecule has 242 valence electrons. The average Bonchev–Trinajstić information content (AvgIpc) is 2.99. The van der Waals surface area contributed by atoms with Crippen molar-refractivity contribution in [1.82, 2.24) is 9.80 Å². The maximum absolute atomic E-state index is 14.9. The van der Waals surface area contributed by atoms with E-state index in [0.717, 1.165) is 22.3 Å². The van der Waals surface area contributed by atoms with E-state index in [2.05, 4.69) is 0 Å². The third-order valence-electron chi connectivity index (χ3n) is 8.69. The van der Waals surface area contributed by atoms with Crippen LogP contribution < -0.4 is 9.80 Å². The van der Waals surface area contributed by atoms with Crippen LogP contribution in [0.1, 0.15) is 22.3 Å². The van der Waals surface area contributed by atoms with Gasteiger partial charge in [-0.15, -0.1) is 0 Å². The largest absolute Gasteiger partial charge is 0.392 e. The van der Waals surface area contributed by atoms with Crippen molar-refractivity contribution in [3.05, 3.63) is 58.7 Å². The molecule has 2 saturated heterocycles. The molecule has 6 nitrogen and oxygen atoms in total. The number of carbonyl (C=O) groups is 2. The lowest BCUT2D eigenvalue weighted by molar-refractivity contribution is -0.350. The zero-order valence-corrected chi connectivity index (χ0v) is 24.8. The van der Waals surface area contributed by atoms with Crippen LogP contribution in [0.5, 0.6) is 0 Å². The molecule has 44 heavy (non-hydrogen) atoms. The van der Waals surface area contributed by atoms with Crippen LogP contribution in [0.3, 0.4) is 0 Å². The van der Waals surface area contributed by atoms with Crippen molar-refractivity contribution in [1.29, 1.82) is 0 Å². The number of aryl methyl sites for hydroxylation is 2. The third kappa shape index (κ3) is 5.44. The summed E-state index contributed by atoms with van der Waals surface area (Å²) in [4.78, 5) is 28.9. The number of amides is 2. The summed E-state index contributed by atoms with van der Waals surface area (Å²) in [6, 6.07) is 10.7. The van der Waals surface area contributed by atoms with Crippen molar-refractivity contribution in [3.63, 3.8) is 0 Å². The minimum atomic E-state index is -6.89. The highest BCUT2D eigenvalue weighted by atomic mass is 19.4. The fourth-order valence-electron chi connectivity index (χ4n) is 5.52. The van der Waals surface area contributed by atoms with E-state index >= 15 is 0 Å². The zero-order chi connectivity index (χ0) is 32.8. The molecule has 2 aliphatic rings. The molecule has 0 saturated carbocycles. The van der Waals surface area contributed by atoms with E-state index in [0.29, 0.717) is 11.4 Å². The van der Waals surface area contributed by atoms with Gasteiger partial charge >= 0.3 is 23.7 Å². The first-order valence-electron chi connectivity index (χ1n) is 14.1. The van der Waals surface area contributed by atoms with Gasteiger partial charge in [0.05, 0.1) is 0 Å². The molecular weight excluding hydrogens is 600 g/mol. The SMILES string of the molecule is Cc1cccc(N2CCN(C(=O)C(F)(F)C(F)(F)C(F)(F)C(F)(F)C(=O)N3CCN(c4cccc(C)c4C)CC3)CC2)c1C. The van der Waals surface area contributed by atoms with E-state index in [1.807, 2.05) is 39.8 Å². The van der Waals surface area contributed by atoms with Gasteiger partial charge in [0, 0.05) is 63.7 Å². The predicted octanol–water partition coefficient (Wildman–Crippen LogP) is 5.46. The molecule has 0 aliphatic carbocycles. The fraction of sp³-hybridized carbons (Fsp3) is 0.533. The smallest absolute Gasteiger partial charge is 0.368 e. The first-order valence-corrected chi connectivity index (χ1v) is 14.1. The Morgan fingerprint density at radius 2 is 0.818 bits per heavy atom. The summed E-state index contributed by atoms with van der Waals surface area (Å²) in [5.74, 6) is -31.7. The van der Waals surface area contributed by atoms with E-state index in [9.17, 15) is 44.7 Å². The normalized spacial score (nSPS) is 17.3. The summed E-state index contributed by atoms with van der Waals surface area (Å²) in [6.07, 6.45) is 0. The van der Waals surface area contributed by atoms with Gasteiger partial charge < -0.3 is 19.6 Å². The van der Waals surface area contributed by atoms with Gasteiger partial charge in [-0.2, -0.15) is 35.1 Å². The van der Waals surface area contributed by atoms with Gasteiger partial charge in [0.25, 0.3) is 11.8 Å². The van der Waals surface area contributed by atoms with Crippen molar-refractivity contribution in [2.24, 2.45) is 0 Å². The number of halogens is 8. The minimum absolute atomic E-state index is 0.0865. The molecular formula is C30H34F8N4O2. The molecule has 14 heteroatoms. The van der Waals surface area contributed by atoms with Crippen LogP contribution in [0.4, 0.5) is 46.5 Å². The molecule has 4 rings (SSSR count). The van der Waals surface area contributed by atoms with Gasteiger partial charge in [0.15, 0.2) is 0 Å². The summed E-state index contributed by atoms with van der Waals surface area (Å²) in [6.45, 7) is 4.81. The summed E-state index contributed by atoms with van der Waals surface area (Å²) >= 11 is 0. The highest BCUT2D eigenvalue weighted by molar-refractivity contribution is 5.88. The second kappa shape index (κ2) is 11.7. The Morgan fingerprint density at radius 3 is 1.11 bits per heavy atom. The highest BCUT2D eigenvalue weighted by Gasteiger charge is 2.85. The molecule has 0 N–H and O–H groups in total. The first-order chi connectivity index (χ1) is 20.4. The molecule has 2 fully saturated rings. The van der Waals surface area contributed by atoms with E-state index in [4.69, 9.17) is 0 Å². The monoisotopic (exact) mass is 634 g/mol. The zero-order valence-electron chi connectivity index (χ0n) is 24.8. The second-order valence-corrected chi connectivity index (χ2v) is 11.3. The molecule has 0 bridgehead atoms. The van der Waals surface area contributed by atoms with Crippen LogP contribution in [0.2, 0.25) is 0 Å². The Labute approximate surface area is 250 Å². The van der Waals surface area contributed by atoms with Crippen molar-refractivity contribution in [2.75, 3.05) is 62.2 Å². The number of hydrogen-bond acceptors (Lipinski definition) is 4. The topological polar surface area (TPSA) is 47.1 Å². The number of benzene rings is 2. The van der Waals surface area contributed by atoms with Gasteiger partial charge in [-0.3, -0.25) is 9.59 Å². The van der Waals surface area contributed by atoms with E-state index in [1.54, 1.807) is 34.1 Å². The lowest BCUT2D eigenvalue weighted by Crippen LogP contribution is -2.70. The van der Waals surface area contributed by atoms with Gasteiger partial charge in [0.1, 0.15) is 0 Å². The molecule has 2 aromatic carbocycles. The molecule has 0 spiro atoms. The van der Waals surface area contributed by atoms with Crippen molar-refractivity contribution >= 4 is 23.2 Å². The number of anilines is 2. The molecule has 0 atom stereocenters. The number of piperazine rings is 2. The van der Waals surface area contributed by atoms with Gasteiger partial charge in [-0.1, -0.05) is 24.3 Å². The van der Waals surface area contributed by atoms with Crippen LogP contribution in [0, 0.1) is 27.7 Å². The van der Waals surface area contributed by atoms with Crippen LogP contribution in [-0.2, 0) is 9.59 Å². The fourth-order valence-corrected chi connectivity index (χ4v) is 5.52. The Morgan fingerprint density at radius 1 is 0.523 bits per heavy atom. The second-order valence-electron chi connectivity index (χ2n) is 11.3. The number of nitrogens with zero attached hydrogens (tertiary/aromatic N) is 4. The van der Waals surface area contributed by atoms with E-state index in [-0.39, 0.29) is 36.0 Å². The molecule has 2 aliphatic heterocycles. The lowest BCUT2D eigenvalue weighted by atomic mass is 9.96. The first kappa shape index (κ1) is 33.3. The number of carbonyl (C=O) groups excluding carboxylic acids is 2. The summed E-state index contributed by atoms with van der Waals surface area (Å²) in [7, 11) is 0. The van der Waals surface area contributed by atoms with Crippen LogP contribution in [-0.4, -0.2) is 97.7 Å². The summed E-state index contributed by atoms with van der Waals surface area (Å²) in [5, 5.41) is 0. The van der Waals surface area contributed by atoms with Crippen LogP contribution >= 0.6 is 0 Å². The highest BCUT2D eigenvalue weighted by Crippen LogP contribution is 2.53. The quantitative estimate of drug-likeness (QED) is 0.380. The number of hydrogen-bond donors (Lipinski definition) is 0.